The van der Waals surface area contributed by atoms with Crippen LogP contribution in [0.25, 0.3) is 6.08 Å². The maximum atomic E-state index is 12.8. The molecule has 1 aromatic carbocycles. The Morgan fingerprint density at radius 2 is 1.89 bits per heavy atom. The predicted octanol–water partition coefficient (Wildman–Crippen LogP) is 3.85. The maximum absolute atomic E-state index is 12.8. The van der Waals surface area contributed by atoms with E-state index in [1.165, 1.54) is 11.3 Å². The van der Waals surface area contributed by atoms with Crippen molar-refractivity contribution in [3.05, 3.63) is 93.1 Å². The van der Waals surface area contributed by atoms with Gasteiger partial charge in [-0.25, -0.2) is 0 Å². The van der Waals surface area contributed by atoms with Crippen molar-refractivity contribution in [2.45, 2.75) is 20.4 Å². The average Bonchev–Trinajstić information content (AvgIpc) is 3.11. The number of hydrogen-bond donors (Lipinski definition) is 2. The molecule has 28 heavy (non-hydrogen) atoms. The highest BCUT2D eigenvalue weighted by atomic mass is 32.1. The van der Waals surface area contributed by atoms with Gasteiger partial charge < -0.3 is 10.6 Å². The number of pyridine rings is 1. The number of carbonyl (C=O) groups excluding carboxylic acids is 2. The number of thiophene rings is 1. The largest absolute Gasteiger partial charge is 0.347 e. The van der Waals surface area contributed by atoms with E-state index in [1.54, 1.807) is 30.6 Å². The fraction of sp³-hybridized carbons (Fsp3) is 0.136. The molecule has 5 nitrogen and oxygen atoms in total. The summed E-state index contributed by atoms with van der Waals surface area (Å²) in [5.74, 6) is -0.672. The lowest BCUT2D eigenvalue weighted by Crippen LogP contribution is -2.34. The summed E-state index contributed by atoms with van der Waals surface area (Å²) < 4.78 is 0. The van der Waals surface area contributed by atoms with Gasteiger partial charge in [0.15, 0.2) is 0 Å². The minimum Gasteiger partial charge on any atom is -0.347 e. The third-order valence-electron chi connectivity index (χ3n) is 4.16. The second-order valence-corrected chi connectivity index (χ2v) is 7.34. The Labute approximate surface area is 168 Å². The zero-order valence-electron chi connectivity index (χ0n) is 15.7. The van der Waals surface area contributed by atoms with Gasteiger partial charge in [0, 0.05) is 29.4 Å². The van der Waals surface area contributed by atoms with Crippen LogP contribution < -0.4 is 10.6 Å². The van der Waals surface area contributed by atoms with Gasteiger partial charge in [-0.05, 0) is 60.7 Å². The molecule has 0 aliphatic heterocycles. The summed E-state index contributed by atoms with van der Waals surface area (Å²) in [6, 6.07) is 12.9. The summed E-state index contributed by atoms with van der Waals surface area (Å²) >= 11 is 1.52. The van der Waals surface area contributed by atoms with Crippen LogP contribution in [0.4, 0.5) is 0 Å². The van der Waals surface area contributed by atoms with Gasteiger partial charge in [0.05, 0.1) is 0 Å². The Kier molecular flexibility index (Phi) is 6.34. The number of benzene rings is 1. The summed E-state index contributed by atoms with van der Waals surface area (Å²) in [4.78, 5) is 30.4. The molecule has 142 valence electrons. The second-order valence-electron chi connectivity index (χ2n) is 6.39. The highest BCUT2D eigenvalue weighted by Gasteiger charge is 2.15. The van der Waals surface area contributed by atoms with E-state index in [2.05, 4.69) is 15.6 Å². The highest BCUT2D eigenvalue weighted by molar-refractivity contribution is 7.11. The number of rotatable bonds is 6. The van der Waals surface area contributed by atoms with Crippen LogP contribution in [0.1, 0.15) is 31.9 Å². The molecule has 0 radical (unpaired) electrons. The van der Waals surface area contributed by atoms with Gasteiger partial charge in [0.25, 0.3) is 11.8 Å². The lowest BCUT2D eigenvalue weighted by atomic mass is 10.1. The first-order chi connectivity index (χ1) is 13.5. The van der Waals surface area contributed by atoms with Crippen LogP contribution in [-0.4, -0.2) is 16.8 Å². The van der Waals surface area contributed by atoms with E-state index < -0.39 is 0 Å². The molecule has 0 bridgehead atoms. The van der Waals surface area contributed by atoms with Gasteiger partial charge in [-0.2, -0.15) is 0 Å². The lowest BCUT2D eigenvalue weighted by Gasteiger charge is -2.11. The van der Waals surface area contributed by atoms with Crippen molar-refractivity contribution in [2.75, 3.05) is 0 Å². The summed E-state index contributed by atoms with van der Waals surface area (Å²) in [5.41, 5.74) is 3.70. The first-order valence-corrected chi connectivity index (χ1v) is 9.72. The molecule has 0 spiro atoms. The van der Waals surface area contributed by atoms with E-state index in [0.29, 0.717) is 12.1 Å². The molecule has 3 rings (SSSR count). The topological polar surface area (TPSA) is 71.1 Å². The van der Waals surface area contributed by atoms with Crippen LogP contribution in [-0.2, 0) is 11.3 Å². The van der Waals surface area contributed by atoms with Gasteiger partial charge in [-0.15, -0.1) is 11.3 Å². The molecule has 0 saturated heterocycles. The number of aryl methyl sites for hydroxylation is 2. The molecule has 2 N–H and O–H groups in total. The van der Waals surface area contributed by atoms with Crippen molar-refractivity contribution in [3.8, 4) is 0 Å². The number of carbonyl (C=O) groups is 2. The number of nitrogens with zero attached hydrogens (tertiary/aromatic N) is 1. The van der Waals surface area contributed by atoms with E-state index >= 15 is 0 Å². The fourth-order valence-corrected chi connectivity index (χ4v) is 3.36. The predicted molar refractivity (Wildman–Crippen MR) is 112 cm³/mol. The van der Waals surface area contributed by atoms with Crippen molar-refractivity contribution >= 4 is 29.2 Å². The van der Waals surface area contributed by atoms with Crippen molar-refractivity contribution in [2.24, 2.45) is 0 Å². The van der Waals surface area contributed by atoms with Gasteiger partial charge in [-0.1, -0.05) is 23.8 Å². The Morgan fingerprint density at radius 1 is 1.11 bits per heavy atom. The van der Waals surface area contributed by atoms with Crippen molar-refractivity contribution in [3.63, 3.8) is 0 Å². The monoisotopic (exact) mass is 391 g/mol. The molecule has 0 atom stereocenters. The molecule has 0 unspecified atom stereocenters. The van der Waals surface area contributed by atoms with Crippen LogP contribution in [0.5, 0.6) is 0 Å². The minimum atomic E-state index is -0.350. The zero-order valence-corrected chi connectivity index (χ0v) is 16.5. The Hall–Kier alpha value is -3.25. The SMILES string of the molecule is Cc1ccc(C(=O)N/C(=C/c2sccc2C)C(=O)NCc2cccnc2)cc1. The van der Waals surface area contributed by atoms with Gasteiger partial charge in [0.2, 0.25) is 0 Å². The fourth-order valence-electron chi connectivity index (χ4n) is 2.50. The molecule has 0 aliphatic carbocycles. The minimum absolute atomic E-state index is 0.208. The molecular weight excluding hydrogens is 370 g/mol. The lowest BCUT2D eigenvalue weighted by molar-refractivity contribution is -0.117. The number of aromatic nitrogens is 1. The van der Waals surface area contributed by atoms with Crippen molar-refractivity contribution < 1.29 is 9.59 Å². The molecule has 0 fully saturated rings. The normalized spacial score (nSPS) is 11.1. The molecule has 2 heterocycles. The zero-order chi connectivity index (χ0) is 19.9. The Bertz CT molecular complexity index is 992. The molecule has 2 aromatic heterocycles. The van der Waals surface area contributed by atoms with Crippen molar-refractivity contribution in [1.29, 1.82) is 0 Å². The summed E-state index contributed by atoms with van der Waals surface area (Å²) in [6.45, 7) is 4.25. The third-order valence-corrected chi connectivity index (χ3v) is 5.13. The maximum Gasteiger partial charge on any atom is 0.268 e. The van der Waals surface area contributed by atoms with Crippen LogP contribution in [0, 0.1) is 13.8 Å². The molecular formula is C22H21N3O2S. The van der Waals surface area contributed by atoms with E-state index in [-0.39, 0.29) is 17.5 Å². The molecule has 0 saturated carbocycles. The molecule has 6 heteroatoms. The highest BCUT2D eigenvalue weighted by Crippen LogP contribution is 2.19. The second kappa shape index (κ2) is 9.10. The number of hydrogen-bond acceptors (Lipinski definition) is 4. The quantitative estimate of drug-likeness (QED) is 0.627. The van der Waals surface area contributed by atoms with Gasteiger partial charge >= 0.3 is 0 Å². The first-order valence-electron chi connectivity index (χ1n) is 8.84. The molecule has 2 amide bonds. The Balaban J connectivity index is 1.79. The summed E-state index contributed by atoms with van der Waals surface area (Å²) in [7, 11) is 0. The number of amides is 2. The van der Waals surface area contributed by atoms with Crippen LogP contribution >= 0.6 is 11.3 Å². The molecule has 0 aliphatic rings. The average molecular weight is 391 g/mol. The summed E-state index contributed by atoms with van der Waals surface area (Å²) in [5, 5.41) is 7.55. The first kappa shape index (κ1) is 19.5. The van der Waals surface area contributed by atoms with Crippen LogP contribution in [0.2, 0.25) is 0 Å². The van der Waals surface area contributed by atoms with Gasteiger partial charge in [0.1, 0.15) is 5.70 Å². The van der Waals surface area contributed by atoms with E-state index in [9.17, 15) is 9.59 Å². The van der Waals surface area contributed by atoms with E-state index in [1.807, 2.05) is 49.6 Å². The Morgan fingerprint density at radius 3 is 2.54 bits per heavy atom. The summed E-state index contributed by atoms with van der Waals surface area (Å²) in [6.07, 6.45) is 5.08. The smallest absolute Gasteiger partial charge is 0.268 e. The third kappa shape index (κ3) is 5.14. The van der Waals surface area contributed by atoms with E-state index in [0.717, 1.165) is 21.6 Å². The molecule has 3 aromatic rings. The van der Waals surface area contributed by atoms with Crippen LogP contribution in [0.3, 0.4) is 0 Å². The van der Waals surface area contributed by atoms with Crippen molar-refractivity contribution in [1.82, 2.24) is 15.6 Å². The standard InChI is InChI=1S/C22H21N3O2S/c1-15-5-7-18(8-6-15)21(26)25-19(12-20-16(2)9-11-28-20)22(27)24-14-17-4-3-10-23-13-17/h3-13H,14H2,1-2H3,(H,24,27)(H,25,26)/b19-12+. The van der Waals surface area contributed by atoms with Gasteiger partial charge in [-0.3, -0.25) is 14.6 Å². The number of nitrogens with one attached hydrogen (secondary N) is 2. The van der Waals surface area contributed by atoms with E-state index in [4.69, 9.17) is 0 Å². The van der Waals surface area contributed by atoms with Crippen LogP contribution in [0.15, 0.2) is 65.9 Å².